The van der Waals surface area contributed by atoms with Crippen LogP contribution in [-0.4, -0.2) is 10.7 Å². The number of hydrogen-bond donors (Lipinski definition) is 1. The summed E-state index contributed by atoms with van der Waals surface area (Å²) in [7, 11) is 0. The highest BCUT2D eigenvalue weighted by Crippen LogP contribution is 2.23. The van der Waals surface area contributed by atoms with Crippen LogP contribution in [0.1, 0.15) is 31.4 Å². The lowest BCUT2D eigenvalue weighted by molar-refractivity contribution is 0.143. The second kappa shape index (κ2) is 4.61. The Morgan fingerprint density at radius 1 is 1.29 bits per heavy atom. The number of allylic oxidation sites excluding steroid dienone is 4. The van der Waals surface area contributed by atoms with Crippen LogP contribution in [0.25, 0.3) is 5.57 Å². The first-order valence-electron chi connectivity index (χ1n) is 5.76. The summed E-state index contributed by atoms with van der Waals surface area (Å²) in [6.45, 7) is 3.38. The fourth-order valence-corrected chi connectivity index (χ4v) is 1.68. The smallest absolute Gasteiger partial charge is 0.120 e. The Kier molecular flexibility index (Phi) is 3.17. The van der Waals surface area contributed by atoms with Crippen LogP contribution in [0.3, 0.4) is 0 Å². The molecule has 0 saturated carbocycles. The highest BCUT2D eigenvalue weighted by atomic mass is 16.3. The predicted octanol–water partition coefficient (Wildman–Crippen LogP) is 3.15. The maximum absolute atomic E-state index is 9.56. The quantitative estimate of drug-likeness (QED) is 0.726. The normalized spacial score (nSPS) is 14.2. The van der Waals surface area contributed by atoms with Crippen LogP contribution in [0.2, 0.25) is 0 Å². The van der Waals surface area contributed by atoms with Gasteiger partial charge in [0, 0.05) is 5.56 Å². The molecule has 1 aliphatic rings. The van der Waals surface area contributed by atoms with Crippen molar-refractivity contribution >= 4 is 5.57 Å². The van der Waals surface area contributed by atoms with E-state index in [1.165, 1.54) is 11.1 Å². The van der Waals surface area contributed by atoms with Gasteiger partial charge in [-0.25, -0.2) is 0 Å². The van der Waals surface area contributed by atoms with Gasteiger partial charge in [0.2, 0.25) is 0 Å². The van der Waals surface area contributed by atoms with Gasteiger partial charge in [0.1, 0.15) is 5.60 Å². The molecule has 0 aromatic heterocycles. The Morgan fingerprint density at radius 2 is 2.12 bits per heavy atom. The minimum Gasteiger partial charge on any atom is -0.378 e. The van der Waals surface area contributed by atoms with E-state index in [1.807, 2.05) is 12.1 Å². The van der Waals surface area contributed by atoms with Gasteiger partial charge in [-0.3, -0.25) is 0 Å². The molecule has 0 aliphatic heterocycles. The molecule has 1 aromatic carbocycles. The van der Waals surface area contributed by atoms with E-state index < -0.39 is 5.60 Å². The molecule has 0 bridgehead atoms. The lowest BCUT2D eigenvalue weighted by Crippen LogP contribution is -2.14. The topological polar surface area (TPSA) is 20.2 Å². The van der Waals surface area contributed by atoms with Gasteiger partial charge in [0.05, 0.1) is 0 Å². The van der Waals surface area contributed by atoms with E-state index in [-0.39, 0.29) is 0 Å². The second-order valence-corrected chi connectivity index (χ2v) is 4.71. The van der Waals surface area contributed by atoms with Gasteiger partial charge in [0.15, 0.2) is 0 Å². The Labute approximate surface area is 102 Å². The average Bonchev–Trinajstić information content (AvgIpc) is 2.79. The van der Waals surface area contributed by atoms with Crippen LogP contribution < -0.4 is 0 Å². The van der Waals surface area contributed by atoms with Gasteiger partial charge in [0.25, 0.3) is 0 Å². The third-order valence-corrected chi connectivity index (χ3v) is 2.52. The lowest BCUT2D eigenvalue weighted by atomic mass is 10.0. The summed E-state index contributed by atoms with van der Waals surface area (Å²) in [5.41, 5.74) is 2.52. The van der Waals surface area contributed by atoms with Gasteiger partial charge in [-0.15, -0.1) is 0 Å². The Bertz CT molecular complexity index is 531. The van der Waals surface area contributed by atoms with Crippen molar-refractivity contribution in [2.45, 2.75) is 25.9 Å². The van der Waals surface area contributed by atoms with E-state index >= 15 is 0 Å². The van der Waals surface area contributed by atoms with Crippen molar-refractivity contribution in [1.82, 2.24) is 0 Å². The Balaban J connectivity index is 2.25. The number of hydrogen-bond acceptors (Lipinski definition) is 1. The summed E-state index contributed by atoms with van der Waals surface area (Å²) >= 11 is 0. The molecule has 0 amide bonds. The van der Waals surface area contributed by atoms with Crippen molar-refractivity contribution < 1.29 is 5.11 Å². The van der Waals surface area contributed by atoms with Gasteiger partial charge in [-0.05, 0) is 43.5 Å². The molecule has 1 N–H and O–H groups in total. The molecule has 0 radical (unpaired) electrons. The highest BCUT2D eigenvalue weighted by Gasteiger charge is 2.06. The largest absolute Gasteiger partial charge is 0.378 e. The minimum absolute atomic E-state index is 0.940. The van der Waals surface area contributed by atoms with Crippen LogP contribution in [0.5, 0.6) is 0 Å². The van der Waals surface area contributed by atoms with Crippen molar-refractivity contribution in [3.05, 3.63) is 53.6 Å². The van der Waals surface area contributed by atoms with Crippen LogP contribution >= 0.6 is 0 Å². The number of aliphatic hydroxyl groups is 1. The molecule has 1 heteroatoms. The van der Waals surface area contributed by atoms with Crippen molar-refractivity contribution in [2.24, 2.45) is 0 Å². The van der Waals surface area contributed by atoms with Gasteiger partial charge in [-0.2, -0.15) is 0 Å². The lowest BCUT2D eigenvalue weighted by Gasteiger charge is -2.06. The van der Waals surface area contributed by atoms with Crippen LogP contribution in [0, 0.1) is 11.8 Å². The molecule has 0 atom stereocenters. The Morgan fingerprint density at radius 3 is 2.76 bits per heavy atom. The van der Waals surface area contributed by atoms with Gasteiger partial charge >= 0.3 is 0 Å². The highest BCUT2D eigenvalue weighted by molar-refractivity contribution is 5.71. The first-order valence-corrected chi connectivity index (χ1v) is 5.76. The van der Waals surface area contributed by atoms with E-state index in [0.717, 1.165) is 12.0 Å². The third-order valence-electron chi connectivity index (χ3n) is 2.52. The van der Waals surface area contributed by atoms with E-state index in [4.69, 9.17) is 0 Å². The molecule has 1 nitrogen and oxygen atoms in total. The number of rotatable bonds is 1. The summed E-state index contributed by atoms with van der Waals surface area (Å²) < 4.78 is 0. The van der Waals surface area contributed by atoms with Crippen molar-refractivity contribution in [3.8, 4) is 11.8 Å². The maximum atomic E-state index is 9.56. The van der Waals surface area contributed by atoms with E-state index in [1.54, 1.807) is 13.8 Å². The molecule has 86 valence electrons. The van der Waals surface area contributed by atoms with Gasteiger partial charge < -0.3 is 5.11 Å². The minimum atomic E-state index is -0.940. The SMILES string of the molecule is CC(C)(O)C#Cc1cccc(C2=CC=CC2)c1. The van der Waals surface area contributed by atoms with Crippen LogP contribution in [0.15, 0.2) is 42.5 Å². The standard InChI is InChI=1S/C16H16O/c1-16(2,17)11-10-13-6-5-9-15(12-13)14-7-3-4-8-14/h3-7,9,12,17H,8H2,1-2H3. The first kappa shape index (κ1) is 11.7. The molecular formula is C16H16O. The van der Waals surface area contributed by atoms with Crippen LogP contribution in [-0.2, 0) is 0 Å². The zero-order chi connectivity index (χ0) is 12.3. The molecule has 0 spiro atoms. The molecule has 0 heterocycles. The predicted molar refractivity (Wildman–Crippen MR) is 71.4 cm³/mol. The molecule has 17 heavy (non-hydrogen) atoms. The zero-order valence-corrected chi connectivity index (χ0v) is 10.2. The summed E-state index contributed by atoms with van der Waals surface area (Å²) in [6, 6.07) is 8.12. The molecular weight excluding hydrogens is 208 g/mol. The van der Waals surface area contributed by atoms with E-state index in [2.05, 4.69) is 42.2 Å². The summed E-state index contributed by atoms with van der Waals surface area (Å²) in [4.78, 5) is 0. The van der Waals surface area contributed by atoms with E-state index in [9.17, 15) is 5.11 Å². The van der Waals surface area contributed by atoms with E-state index in [0.29, 0.717) is 0 Å². The summed E-state index contributed by atoms with van der Waals surface area (Å²) in [5, 5.41) is 9.56. The van der Waals surface area contributed by atoms with Gasteiger partial charge in [-0.1, -0.05) is 42.2 Å². The van der Waals surface area contributed by atoms with Crippen molar-refractivity contribution in [1.29, 1.82) is 0 Å². The second-order valence-electron chi connectivity index (χ2n) is 4.71. The summed E-state index contributed by atoms with van der Waals surface area (Å²) in [5.74, 6) is 5.83. The molecule has 1 aliphatic carbocycles. The maximum Gasteiger partial charge on any atom is 0.120 e. The fraction of sp³-hybridized carbons (Fsp3) is 0.250. The van der Waals surface area contributed by atoms with Crippen LogP contribution in [0.4, 0.5) is 0 Å². The summed E-state index contributed by atoms with van der Waals surface area (Å²) in [6.07, 6.45) is 7.33. The first-order chi connectivity index (χ1) is 8.04. The average molecular weight is 224 g/mol. The third kappa shape index (κ3) is 3.34. The Hall–Kier alpha value is -1.78. The molecule has 0 unspecified atom stereocenters. The monoisotopic (exact) mass is 224 g/mol. The van der Waals surface area contributed by atoms with Crippen molar-refractivity contribution in [3.63, 3.8) is 0 Å². The zero-order valence-electron chi connectivity index (χ0n) is 10.2. The molecule has 0 saturated heterocycles. The van der Waals surface area contributed by atoms with Crippen molar-refractivity contribution in [2.75, 3.05) is 0 Å². The molecule has 1 aromatic rings. The molecule has 0 fully saturated rings. The fourth-order valence-electron chi connectivity index (χ4n) is 1.68. The number of benzene rings is 1. The molecule has 2 rings (SSSR count).